The van der Waals surface area contributed by atoms with Crippen molar-refractivity contribution in [2.24, 2.45) is 0 Å². The van der Waals surface area contributed by atoms with E-state index in [1.165, 1.54) is 12.1 Å². The van der Waals surface area contributed by atoms with Gasteiger partial charge in [-0.1, -0.05) is 12.1 Å². The quantitative estimate of drug-likeness (QED) is 0.897. The highest BCUT2D eigenvalue weighted by Crippen LogP contribution is 2.11. The number of carboxylic acids is 1. The molecule has 1 aliphatic heterocycles. The minimum Gasteiger partial charge on any atom is -0.478 e. The molecule has 2 rings (SSSR count). The van der Waals surface area contributed by atoms with Crippen molar-refractivity contribution in [3.05, 3.63) is 35.4 Å². The maximum Gasteiger partial charge on any atom is 0.335 e. The zero-order valence-electron chi connectivity index (χ0n) is 11.8. The highest BCUT2D eigenvalue weighted by molar-refractivity contribution is 7.84. The topological polar surface area (TPSA) is 74.7 Å². The number of hydrogen-bond donors (Lipinski definition) is 1. The Bertz CT molecular complexity index is 535. The largest absolute Gasteiger partial charge is 0.478 e. The smallest absolute Gasteiger partial charge is 0.335 e. The summed E-state index contributed by atoms with van der Waals surface area (Å²) in [5, 5.41) is 8.81. The number of rotatable bonds is 5. The number of carbonyl (C=O) groups excluding carboxylic acids is 1. The molecule has 1 heterocycles. The van der Waals surface area contributed by atoms with Crippen LogP contribution in [0.15, 0.2) is 24.3 Å². The number of amides is 1. The van der Waals surface area contributed by atoms with Crippen LogP contribution in [-0.4, -0.2) is 44.9 Å². The zero-order chi connectivity index (χ0) is 15.2. The number of carbonyl (C=O) groups is 2. The van der Waals surface area contributed by atoms with E-state index in [1.807, 2.05) is 0 Å². The van der Waals surface area contributed by atoms with E-state index in [1.54, 1.807) is 17.0 Å². The van der Waals surface area contributed by atoms with Crippen LogP contribution in [0.25, 0.3) is 0 Å². The monoisotopic (exact) mass is 309 g/mol. The molecule has 1 saturated heterocycles. The van der Waals surface area contributed by atoms with Gasteiger partial charge in [-0.2, -0.15) is 0 Å². The minimum absolute atomic E-state index is 0.0423. The number of piperidine rings is 1. The number of hydrogen-bond acceptors (Lipinski definition) is 3. The maximum absolute atomic E-state index is 12.0. The van der Waals surface area contributed by atoms with E-state index in [-0.39, 0.29) is 23.0 Å². The molecule has 1 fully saturated rings. The highest BCUT2D eigenvalue weighted by Gasteiger charge is 2.18. The second kappa shape index (κ2) is 7.36. The Hall–Kier alpha value is -1.69. The first-order valence-corrected chi connectivity index (χ1v) is 8.50. The van der Waals surface area contributed by atoms with Gasteiger partial charge in [0.2, 0.25) is 5.91 Å². The van der Waals surface area contributed by atoms with E-state index in [9.17, 15) is 13.8 Å². The standard InChI is InChI=1S/C15H19NO4S/c17-14(16-8-2-1-3-9-16)11-21(20)10-12-4-6-13(7-5-12)15(18)19/h4-7H,1-3,8-11H2,(H,18,19). The molecular weight excluding hydrogens is 290 g/mol. The normalized spacial score (nSPS) is 16.5. The van der Waals surface area contributed by atoms with Gasteiger partial charge in [0, 0.05) is 29.6 Å². The van der Waals surface area contributed by atoms with Crippen LogP contribution in [0.2, 0.25) is 0 Å². The fourth-order valence-corrected chi connectivity index (χ4v) is 3.48. The van der Waals surface area contributed by atoms with Crippen LogP contribution in [0, 0.1) is 0 Å². The van der Waals surface area contributed by atoms with Crippen LogP contribution in [0.5, 0.6) is 0 Å². The number of nitrogens with zero attached hydrogens (tertiary/aromatic N) is 1. The van der Waals surface area contributed by atoms with E-state index in [0.29, 0.717) is 0 Å². The minimum atomic E-state index is -1.26. The Morgan fingerprint density at radius 1 is 1.10 bits per heavy atom. The summed E-state index contributed by atoms with van der Waals surface area (Å²) in [4.78, 5) is 24.5. The fraction of sp³-hybridized carbons (Fsp3) is 0.467. The second-order valence-corrected chi connectivity index (χ2v) is 6.63. The van der Waals surface area contributed by atoms with E-state index in [0.717, 1.165) is 37.9 Å². The highest BCUT2D eigenvalue weighted by atomic mass is 32.2. The van der Waals surface area contributed by atoms with Gasteiger partial charge in [-0.15, -0.1) is 0 Å². The molecule has 21 heavy (non-hydrogen) atoms. The van der Waals surface area contributed by atoms with Crippen molar-refractivity contribution in [3.63, 3.8) is 0 Å². The van der Waals surface area contributed by atoms with Gasteiger partial charge < -0.3 is 10.0 Å². The molecule has 0 radical (unpaired) electrons. The summed E-state index contributed by atoms with van der Waals surface area (Å²) in [6.45, 7) is 1.53. The Labute approximate surface area is 126 Å². The lowest BCUT2D eigenvalue weighted by atomic mass is 10.1. The van der Waals surface area contributed by atoms with Crippen LogP contribution < -0.4 is 0 Å². The molecule has 0 spiro atoms. The SMILES string of the molecule is O=C(O)c1ccc(CS(=O)CC(=O)N2CCCCC2)cc1. The summed E-state index contributed by atoms with van der Waals surface area (Å²) in [6, 6.07) is 6.27. The molecule has 0 saturated carbocycles. The first-order chi connectivity index (χ1) is 10.1. The molecule has 6 heteroatoms. The van der Waals surface area contributed by atoms with Crippen LogP contribution in [0.1, 0.15) is 35.2 Å². The van der Waals surface area contributed by atoms with Crippen LogP contribution >= 0.6 is 0 Å². The van der Waals surface area contributed by atoms with Gasteiger partial charge in [-0.25, -0.2) is 4.79 Å². The third kappa shape index (κ3) is 4.67. The molecule has 0 aliphatic carbocycles. The van der Waals surface area contributed by atoms with Crippen molar-refractivity contribution in [2.45, 2.75) is 25.0 Å². The van der Waals surface area contributed by atoms with Crippen molar-refractivity contribution in [3.8, 4) is 0 Å². The molecule has 0 bridgehead atoms. The Morgan fingerprint density at radius 2 is 1.71 bits per heavy atom. The summed E-state index contributed by atoms with van der Waals surface area (Å²) in [6.07, 6.45) is 3.20. The molecule has 1 aromatic rings. The molecule has 114 valence electrons. The maximum atomic E-state index is 12.0. The lowest BCUT2D eigenvalue weighted by Gasteiger charge is -2.26. The second-order valence-electron chi connectivity index (χ2n) is 5.17. The molecule has 1 aromatic carbocycles. The fourth-order valence-electron chi connectivity index (χ4n) is 2.35. The molecular formula is C15H19NO4S. The molecule has 1 aliphatic rings. The zero-order valence-corrected chi connectivity index (χ0v) is 12.6. The van der Waals surface area contributed by atoms with E-state index in [2.05, 4.69) is 0 Å². The lowest BCUT2D eigenvalue weighted by Crippen LogP contribution is -2.38. The molecule has 5 nitrogen and oxygen atoms in total. The predicted molar refractivity (Wildman–Crippen MR) is 80.5 cm³/mol. The van der Waals surface area contributed by atoms with Crippen molar-refractivity contribution in [2.75, 3.05) is 18.8 Å². The van der Waals surface area contributed by atoms with E-state index >= 15 is 0 Å². The van der Waals surface area contributed by atoms with Crippen molar-refractivity contribution in [1.82, 2.24) is 4.90 Å². The Morgan fingerprint density at radius 3 is 2.29 bits per heavy atom. The van der Waals surface area contributed by atoms with Gasteiger partial charge in [0.05, 0.1) is 5.56 Å². The lowest BCUT2D eigenvalue weighted by molar-refractivity contribution is -0.129. The average Bonchev–Trinajstić information content (AvgIpc) is 2.48. The number of carboxylic acid groups (broad SMARTS) is 1. The molecule has 1 N–H and O–H groups in total. The summed E-state index contributed by atoms with van der Waals surface area (Å²) in [5.41, 5.74) is 0.985. The number of benzene rings is 1. The van der Waals surface area contributed by atoms with Crippen molar-refractivity contribution in [1.29, 1.82) is 0 Å². The molecule has 1 amide bonds. The van der Waals surface area contributed by atoms with Gasteiger partial charge in [0.1, 0.15) is 5.75 Å². The van der Waals surface area contributed by atoms with Gasteiger partial charge in [-0.3, -0.25) is 9.00 Å². The predicted octanol–water partition coefficient (Wildman–Crippen LogP) is 1.65. The van der Waals surface area contributed by atoms with Gasteiger partial charge >= 0.3 is 5.97 Å². The van der Waals surface area contributed by atoms with Crippen molar-refractivity contribution < 1.29 is 18.9 Å². The van der Waals surface area contributed by atoms with Crippen LogP contribution in [0.3, 0.4) is 0 Å². The van der Waals surface area contributed by atoms with Crippen LogP contribution in [-0.2, 0) is 21.3 Å². The Kier molecular flexibility index (Phi) is 5.50. The van der Waals surface area contributed by atoms with Gasteiger partial charge in [0.25, 0.3) is 0 Å². The Balaban J connectivity index is 1.86. The van der Waals surface area contributed by atoms with E-state index < -0.39 is 16.8 Å². The number of aromatic carboxylic acids is 1. The molecule has 1 atom stereocenters. The van der Waals surface area contributed by atoms with E-state index in [4.69, 9.17) is 5.11 Å². The third-order valence-corrected chi connectivity index (χ3v) is 4.75. The van der Waals surface area contributed by atoms with Crippen LogP contribution in [0.4, 0.5) is 0 Å². The van der Waals surface area contributed by atoms with Crippen molar-refractivity contribution >= 4 is 22.7 Å². The molecule has 0 aromatic heterocycles. The summed E-state index contributed by atoms with van der Waals surface area (Å²) in [5.74, 6) is -0.710. The van der Waals surface area contributed by atoms with Gasteiger partial charge in [0.15, 0.2) is 0 Å². The first kappa shape index (κ1) is 15.7. The summed E-state index contributed by atoms with van der Waals surface area (Å²) >= 11 is 0. The summed E-state index contributed by atoms with van der Waals surface area (Å²) in [7, 11) is -1.26. The molecule has 1 unspecified atom stereocenters. The first-order valence-electron chi connectivity index (χ1n) is 7.01. The average molecular weight is 309 g/mol. The number of likely N-dealkylation sites (tertiary alicyclic amines) is 1. The van der Waals surface area contributed by atoms with Gasteiger partial charge in [-0.05, 0) is 37.0 Å². The summed E-state index contributed by atoms with van der Waals surface area (Å²) < 4.78 is 12.0. The third-order valence-electron chi connectivity index (χ3n) is 3.52.